The van der Waals surface area contributed by atoms with Crippen molar-refractivity contribution in [1.82, 2.24) is 14.8 Å². The molecule has 162 valence electrons. The van der Waals surface area contributed by atoms with Crippen LogP contribution >= 0.6 is 0 Å². The van der Waals surface area contributed by atoms with E-state index in [1.807, 2.05) is 37.2 Å². The Morgan fingerprint density at radius 2 is 2.13 bits per heavy atom. The second-order valence-corrected chi connectivity index (χ2v) is 8.21. The Morgan fingerprint density at radius 1 is 1.29 bits per heavy atom. The number of benzene rings is 1. The van der Waals surface area contributed by atoms with E-state index in [1.165, 1.54) is 0 Å². The molecule has 1 amide bonds. The molecule has 0 spiro atoms. The number of carbonyl (C=O) groups excluding carboxylic acids is 2. The lowest BCUT2D eigenvalue weighted by Gasteiger charge is -2.25. The average Bonchev–Trinajstić information content (AvgIpc) is 3.03. The number of hydrogen-bond donors (Lipinski definition) is 1. The van der Waals surface area contributed by atoms with Crippen LogP contribution in [0.2, 0.25) is 0 Å². The maximum atomic E-state index is 13.0. The van der Waals surface area contributed by atoms with Crippen LogP contribution in [0.5, 0.6) is 5.75 Å². The summed E-state index contributed by atoms with van der Waals surface area (Å²) in [5.41, 5.74) is 2.33. The molecule has 1 N–H and O–H groups in total. The van der Waals surface area contributed by atoms with Gasteiger partial charge in [-0.2, -0.15) is 0 Å². The number of amides is 1. The van der Waals surface area contributed by atoms with Gasteiger partial charge in [-0.15, -0.1) is 0 Å². The molecule has 7 heteroatoms. The Balaban J connectivity index is 1.76. The molecule has 31 heavy (non-hydrogen) atoms. The van der Waals surface area contributed by atoms with Crippen LogP contribution in [-0.4, -0.2) is 65.4 Å². The number of aliphatic hydroxyl groups excluding tert-OH is 1. The monoisotopic (exact) mass is 421 g/mol. The first-order valence-electron chi connectivity index (χ1n) is 10.6. The molecule has 1 unspecified atom stereocenters. The quantitative estimate of drug-likeness (QED) is 0.439. The minimum Gasteiger partial charge on any atom is -0.507 e. The number of fused-ring (bicyclic) bond motifs is 1. The van der Waals surface area contributed by atoms with Crippen molar-refractivity contribution >= 4 is 17.4 Å². The molecule has 0 radical (unpaired) electrons. The van der Waals surface area contributed by atoms with Crippen molar-refractivity contribution in [1.29, 1.82) is 0 Å². The van der Waals surface area contributed by atoms with E-state index < -0.39 is 17.7 Å². The number of Topliss-reactive ketones (excluding diaryl/α,β-unsaturated/α-hetero) is 1. The topological polar surface area (TPSA) is 83.0 Å². The normalized spacial score (nSPS) is 20.1. The van der Waals surface area contributed by atoms with Crippen molar-refractivity contribution in [3.8, 4) is 5.75 Å². The molecule has 2 aromatic rings. The second kappa shape index (κ2) is 8.89. The van der Waals surface area contributed by atoms with Gasteiger partial charge in [-0.25, -0.2) is 0 Å². The number of aromatic nitrogens is 1. The standard InChI is InChI=1S/C24H27N3O4/c1-26(2)11-5-12-27-21(18-6-3-10-25-15-18)20(23(29)24(27)30)22(28)17-8-9-19-16(14-17)7-4-13-31-19/h3,6,8-10,14-15,21,28H,4-5,7,11-13H2,1-2H3/b22-20-. The zero-order valence-corrected chi connectivity index (χ0v) is 17.9. The van der Waals surface area contributed by atoms with Crippen LogP contribution in [-0.2, 0) is 16.0 Å². The first-order valence-corrected chi connectivity index (χ1v) is 10.6. The van der Waals surface area contributed by atoms with Crippen LogP contribution in [0.15, 0.2) is 48.3 Å². The Bertz CT molecular complexity index is 1020. The van der Waals surface area contributed by atoms with Gasteiger partial charge in [0.15, 0.2) is 0 Å². The lowest BCUT2D eigenvalue weighted by Crippen LogP contribution is -2.32. The number of likely N-dealkylation sites (tertiary alicyclic amines) is 1. The number of aryl methyl sites for hydroxylation is 1. The van der Waals surface area contributed by atoms with Gasteiger partial charge in [0.05, 0.1) is 18.2 Å². The summed E-state index contributed by atoms with van der Waals surface area (Å²) in [5.74, 6) is -0.605. The van der Waals surface area contributed by atoms with Crippen molar-refractivity contribution in [2.45, 2.75) is 25.3 Å². The van der Waals surface area contributed by atoms with E-state index in [9.17, 15) is 14.7 Å². The second-order valence-electron chi connectivity index (χ2n) is 8.21. The molecular weight excluding hydrogens is 394 g/mol. The molecule has 0 saturated carbocycles. The summed E-state index contributed by atoms with van der Waals surface area (Å²) in [6, 6.07) is 8.34. The highest BCUT2D eigenvalue weighted by Gasteiger charge is 2.45. The van der Waals surface area contributed by atoms with Crippen molar-refractivity contribution in [3.63, 3.8) is 0 Å². The number of hydrogen-bond acceptors (Lipinski definition) is 6. The van der Waals surface area contributed by atoms with Crippen LogP contribution < -0.4 is 4.74 Å². The number of ketones is 1. The van der Waals surface area contributed by atoms with Gasteiger partial charge >= 0.3 is 0 Å². The van der Waals surface area contributed by atoms with Gasteiger partial charge < -0.3 is 19.6 Å². The van der Waals surface area contributed by atoms with E-state index in [4.69, 9.17) is 4.74 Å². The molecule has 1 atom stereocenters. The maximum absolute atomic E-state index is 13.0. The number of carbonyl (C=O) groups is 2. The molecule has 1 aromatic heterocycles. The van der Waals surface area contributed by atoms with Gasteiger partial charge in [-0.1, -0.05) is 6.07 Å². The highest BCUT2D eigenvalue weighted by Crippen LogP contribution is 2.40. The molecule has 7 nitrogen and oxygen atoms in total. The van der Waals surface area contributed by atoms with Gasteiger partial charge in [0, 0.05) is 24.5 Å². The third kappa shape index (κ3) is 4.18. The van der Waals surface area contributed by atoms with Crippen LogP contribution in [0.1, 0.15) is 35.6 Å². The molecule has 0 aliphatic carbocycles. The third-order valence-corrected chi connectivity index (χ3v) is 5.73. The SMILES string of the molecule is CN(C)CCCN1C(=O)C(=O)/C(=C(\O)c2ccc3c(c2)CCCO3)C1c1cccnc1. The van der Waals surface area contributed by atoms with E-state index in [2.05, 4.69) is 4.98 Å². The minimum atomic E-state index is -0.664. The van der Waals surface area contributed by atoms with Crippen LogP contribution in [0.3, 0.4) is 0 Å². The van der Waals surface area contributed by atoms with Gasteiger partial charge in [0.2, 0.25) is 0 Å². The van der Waals surface area contributed by atoms with Gasteiger partial charge in [0.1, 0.15) is 11.5 Å². The number of nitrogens with zero attached hydrogens (tertiary/aromatic N) is 3. The molecule has 0 bridgehead atoms. The largest absolute Gasteiger partial charge is 0.507 e. The third-order valence-electron chi connectivity index (χ3n) is 5.73. The summed E-state index contributed by atoms with van der Waals surface area (Å²) >= 11 is 0. The van der Waals surface area contributed by atoms with Gasteiger partial charge in [0.25, 0.3) is 11.7 Å². The number of aliphatic hydroxyl groups is 1. The summed E-state index contributed by atoms with van der Waals surface area (Å²) in [6.45, 7) is 1.88. The van der Waals surface area contributed by atoms with Crippen LogP contribution in [0, 0.1) is 0 Å². The molecular formula is C24H27N3O4. The van der Waals surface area contributed by atoms with Gasteiger partial charge in [-0.3, -0.25) is 14.6 Å². The maximum Gasteiger partial charge on any atom is 0.295 e. The summed E-state index contributed by atoms with van der Waals surface area (Å²) in [7, 11) is 3.93. The summed E-state index contributed by atoms with van der Waals surface area (Å²) in [4.78, 5) is 33.7. The lowest BCUT2D eigenvalue weighted by atomic mass is 9.94. The molecule has 4 rings (SSSR count). The van der Waals surface area contributed by atoms with Crippen molar-refractivity contribution in [2.24, 2.45) is 0 Å². The number of ether oxygens (including phenoxy) is 1. The fourth-order valence-corrected chi connectivity index (χ4v) is 4.22. The predicted octanol–water partition coefficient (Wildman–Crippen LogP) is 2.78. The average molecular weight is 421 g/mol. The number of pyridine rings is 1. The van der Waals surface area contributed by atoms with Gasteiger partial charge in [-0.05, 0) is 75.3 Å². The molecule has 3 heterocycles. The Labute approximate surface area is 182 Å². The highest BCUT2D eigenvalue weighted by atomic mass is 16.5. The summed E-state index contributed by atoms with van der Waals surface area (Å²) in [5, 5.41) is 11.2. The first kappa shape index (κ1) is 21.1. The van der Waals surface area contributed by atoms with Crippen LogP contribution in [0.4, 0.5) is 0 Å². The summed E-state index contributed by atoms with van der Waals surface area (Å²) < 4.78 is 5.65. The van der Waals surface area contributed by atoms with E-state index in [0.717, 1.165) is 30.7 Å². The Hall–Kier alpha value is -3.19. The molecule has 1 aromatic carbocycles. The Kier molecular flexibility index (Phi) is 6.04. The fraction of sp³-hybridized carbons (Fsp3) is 0.375. The van der Waals surface area contributed by atoms with E-state index >= 15 is 0 Å². The van der Waals surface area contributed by atoms with Crippen LogP contribution in [0.25, 0.3) is 5.76 Å². The zero-order chi connectivity index (χ0) is 22.0. The molecule has 2 aliphatic rings. The molecule has 1 fully saturated rings. The molecule has 1 saturated heterocycles. The zero-order valence-electron chi connectivity index (χ0n) is 17.9. The fourth-order valence-electron chi connectivity index (χ4n) is 4.22. The van der Waals surface area contributed by atoms with E-state index in [1.54, 1.807) is 29.4 Å². The predicted molar refractivity (Wildman–Crippen MR) is 117 cm³/mol. The van der Waals surface area contributed by atoms with E-state index in [-0.39, 0.29) is 11.3 Å². The molecule has 2 aliphatic heterocycles. The van der Waals surface area contributed by atoms with Crippen molar-refractivity contribution < 1.29 is 19.4 Å². The van der Waals surface area contributed by atoms with Crippen molar-refractivity contribution in [3.05, 3.63) is 65.0 Å². The lowest BCUT2D eigenvalue weighted by molar-refractivity contribution is -0.139. The number of rotatable bonds is 6. The first-order chi connectivity index (χ1) is 15.0. The summed E-state index contributed by atoms with van der Waals surface area (Å²) in [6.07, 6.45) is 5.76. The Morgan fingerprint density at radius 3 is 2.87 bits per heavy atom. The van der Waals surface area contributed by atoms with Crippen molar-refractivity contribution in [2.75, 3.05) is 33.8 Å². The minimum absolute atomic E-state index is 0.111. The van der Waals surface area contributed by atoms with E-state index in [0.29, 0.717) is 30.7 Å². The smallest absolute Gasteiger partial charge is 0.295 e. The highest BCUT2D eigenvalue weighted by molar-refractivity contribution is 6.46.